The van der Waals surface area contributed by atoms with E-state index in [0.29, 0.717) is 12.3 Å². The Morgan fingerprint density at radius 2 is 2.33 bits per heavy atom. The maximum atomic E-state index is 8.59. The number of nitrogens with one attached hydrogen (secondary N) is 1. The van der Waals surface area contributed by atoms with Gasteiger partial charge in [-0.25, -0.2) is 0 Å². The summed E-state index contributed by atoms with van der Waals surface area (Å²) in [6, 6.07) is 4.10. The zero-order chi connectivity index (χ0) is 13.0. The van der Waals surface area contributed by atoms with Crippen LogP contribution in [0.3, 0.4) is 0 Å². The molecule has 1 saturated carbocycles. The van der Waals surface area contributed by atoms with Gasteiger partial charge in [0.1, 0.15) is 5.84 Å². The van der Waals surface area contributed by atoms with Crippen molar-refractivity contribution < 1.29 is 5.21 Å². The van der Waals surface area contributed by atoms with E-state index in [1.165, 1.54) is 5.56 Å². The molecular weight excluding hydrogens is 228 g/mol. The molecule has 0 amide bonds. The Hall–Kier alpha value is -1.62. The monoisotopic (exact) mass is 248 g/mol. The van der Waals surface area contributed by atoms with Gasteiger partial charge in [-0.3, -0.25) is 4.98 Å². The molecule has 0 aromatic carbocycles. The highest BCUT2D eigenvalue weighted by molar-refractivity contribution is 5.80. The van der Waals surface area contributed by atoms with E-state index >= 15 is 0 Å². The van der Waals surface area contributed by atoms with Gasteiger partial charge in [0.15, 0.2) is 0 Å². The normalized spacial score (nSPS) is 17.7. The first-order valence-corrected chi connectivity index (χ1v) is 6.22. The predicted octanol–water partition coefficient (Wildman–Crippen LogP) is 1.40. The standard InChI is InChI=1S/C13H20N4O/c1-10-2-3-11(8-16-10)7-15-9-13(4-5-13)6-12(14)17-18/h2-3,8,15,18H,4-7,9H2,1H3,(H2,14,17). The van der Waals surface area contributed by atoms with Crippen molar-refractivity contribution in [3.8, 4) is 0 Å². The minimum Gasteiger partial charge on any atom is -0.409 e. The van der Waals surface area contributed by atoms with E-state index in [1.54, 1.807) is 0 Å². The first-order chi connectivity index (χ1) is 8.63. The summed E-state index contributed by atoms with van der Waals surface area (Å²) in [7, 11) is 0. The lowest BCUT2D eigenvalue weighted by Crippen LogP contribution is -2.28. The third kappa shape index (κ3) is 3.43. The smallest absolute Gasteiger partial charge is 0.139 e. The van der Waals surface area contributed by atoms with Crippen LogP contribution in [0.1, 0.15) is 30.5 Å². The molecule has 5 nitrogen and oxygen atoms in total. The number of hydrogen-bond acceptors (Lipinski definition) is 4. The summed E-state index contributed by atoms with van der Waals surface area (Å²) >= 11 is 0. The molecule has 0 saturated heterocycles. The zero-order valence-corrected chi connectivity index (χ0v) is 10.7. The van der Waals surface area contributed by atoms with Crippen molar-refractivity contribution in [1.82, 2.24) is 10.3 Å². The number of aryl methyl sites for hydroxylation is 1. The third-order valence-corrected chi connectivity index (χ3v) is 3.44. The van der Waals surface area contributed by atoms with Gasteiger partial charge in [-0.2, -0.15) is 0 Å². The minimum atomic E-state index is 0.203. The quantitative estimate of drug-likeness (QED) is 0.307. The van der Waals surface area contributed by atoms with E-state index in [4.69, 9.17) is 10.9 Å². The lowest BCUT2D eigenvalue weighted by molar-refractivity contribution is 0.314. The maximum Gasteiger partial charge on any atom is 0.139 e. The fourth-order valence-electron chi connectivity index (χ4n) is 2.09. The molecule has 0 radical (unpaired) electrons. The average Bonchev–Trinajstić information content (AvgIpc) is 3.11. The Balaban J connectivity index is 1.77. The number of nitrogens with two attached hydrogens (primary N) is 1. The van der Waals surface area contributed by atoms with Crippen molar-refractivity contribution >= 4 is 5.84 Å². The Morgan fingerprint density at radius 3 is 2.89 bits per heavy atom. The summed E-state index contributed by atoms with van der Waals surface area (Å²) < 4.78 is 0. The highest BCUT2D eigenvalue weighted by Crippen LogP contribution is 2.48. The van der Waals surface area contributed by atoms with Crippen LogP contribution in [0.25, 0.3) is 0 Å². The molecular formula is C13H20N4O. The van der Waals surface area contributed by atoms with Gasteiger partial charge in [0, 0.05) is 31.4 Å². The van der Waals surface area contributed by atoms with Gasteiger partial charge in [-0.15, -0.1) is 0 Å². The lowest BCUT2D eigenvalue weighted by Gasteiger charge is -2.15. The van der Waals surface area contributed by atoms with E-state index in [9.17, 15) is 0 Å². The van der Waals surface area contributed by atoms with E-state index < -0.39 is 0 Å². The van der Waals surface area contributed by atoms with Gasteiger partial charge in [0.25, 0.3) is 0 Å². The van der Waals surface area contributed by atoms with Gasteiger partial charge >= 0.3 is 0 Å². The van der Waals surface area contributed by atoms with Crippen molar-refractivity contribution in [3.63, 3.8) is 0 Å². The fraction of sp³-hybridized carbons (Fsp3) is 0.538. The number of nitrogens with zero attached hydrogens (tertiary/aromatic N) is 2. The second-order valence-corrected chi connectivity index (χ2v) is 5.18. The number of hydrogen-bond donors (Lipinski definition) is 3. The third-order valence-electron chi connectivity index (χ3n) is 3.44. The number of oxime groups is 1. The minimum absolute atomic E-state index is 0.203. The summed E-state index contributed by atoms with van der Waals surface area (Å²) in [5, 5.41) is 15.1. The van der Waals surface area contributed by atoms with Crippen LogP contribution in [0.2, 0.25) is 0 Å². The highest BCUT2D eigenvalue weighted by Gasteiger charge is 2.42. The van der Waals surface area contributed by atoms with E-state index in [2.05, 4.69) is 21.5 Å². The zero-order valence-electron chi connectivity index (χ0n) is 10.7. The first kappa shape index (κ1) is 12.8. The van der Waals surface area contributed by atoms with E-state index in [0.717, 1.165) is 31.6 Å². The lowest BCUT2D eigenvalue weighted by atomic mass is 10.0. The SMILES string of the molecule is Cc1ccc(CNCC2(CC(N)=NO)CC2)cn1. The van der Waals surface area contributed by atoms with Gasteiger partial charge in [0.05, 0.1) is 0 Å². The van der Waals surface area contributed by atoms with Crippen LogP contribution in [0, 0.1) is 12.3 Å². The van der Waals surface area contributed by atoms with Crippen molar-refractivity contribution in [3.05, 3.63) is 29.6 Å². The fourth-order valence-corrected chi connectivity index (χ4v) is 2.09. The molecule has 1 aliphatic carbocycles. The average molecular weight is 248 g/mol. The molecule has 2 rings (SSSR count). The second kappa shape index (κ2) is 5.35. The number of rotatable bonds is 6. The van der Waals surface area contributed by atoms with Gasteiger partial charge in [-0.1, -0.05) is 11.2 Å². The Morgan fingerprint density at radius 1 is 1.56 bits per heavy atom. The summed E-state index contributed by atoms with van der Waals surface area (Å²) in [6.07, 6.45) is 4.85. The molecule has 1 fully saturated rings. The number of amidine groups is 1. The molecule has 1 aromatic rings. The van der Waals surface area contributed by atoms with Gasteiger partial charge in [0.2, 0.25) is 0 Å². The molecule has 98 valence electrons. The highest BCUT2D eigenvalue weighted by atomic mass is 16.4. The molecule has 18 heavy (non-hydrogen) atoms. The molecule has 5 heteroatoms. The number of aromatic nitrogens is 1. The Bertz CT molecular complexity index is 423. The topological polar surface area (TPSA) is 83.5 Å². The van der Waals surface area contributed by atoms with Crippen molar-refractivity contribution in [1.29, 1.82) is 0 Å². The van der Waals surface area contributed by atoms with Crippen molar-refractivity contribution in [2.24, 2.45) is 16.3 Å². The predicted molar refractivity (Wildman–Crippen MR) is 70.4 cm³/mol. The summed E-state index contributed by atoms with van der Waals surface area (Å²) in [6.45, 7) is 3.69. The van der Waals surface area contributed by atoms with Gasteiger partial charge in [-0.05, 0) is 36.8 Å². The molecule has 0 bridgehead atoms. The molecule has 1 aromatic heterocycles. The van der Waals surface area contributed by atoms with Crippen LogP contribution >= 0.6 is 0 Å². The van der Waals surface area contributed by atoms with Crippen molar-refractivity contribution in [2.45, 2.75) is 32.7 Å². The van der Waals surface area contributed by atoms with Gasteiger partial charge < -0.3 is 16.3 Å². The molecule has 1 heterocycles. The van der Waals surface area contributed by atoms with Crippen LogP contribution in [-0.2, 0) is 6.54 Å². The first-order valence-electron chi connectivity index (χ1n) is 6.22. The molecule has 4 N–H and O–H groups in total. The Kier molecular flexibility index (Phi) is 3.81. The number of pyridine rings is 1. The van der Waals surface area contributed by atoms with E-state index in [-0.39, 0.29) is 5.41 Å². The molecule has 0 spiro atoms. The van der Waals surface area contributed by atoms with Crippen LogP contribution in [0.5, 0.6) is 0 Å². The molecule has 1 aliphatic rings. The summed E-state index contributed by atoms with van der Waals surface area (Å²) in [4.78, 5) is 4.26. The molecule has 0 unspecified atom stereocenters. The maximum absolute atomic E-state index is 8.59. The summed E-state index contributed by atoms with van der Waals surface area (Å²) in [5.74, 6) is 0.325. The Labute approximate surface area is 107 Å². The van der Waals surface area contributed by atoms with Crippen molar-refractivity contribution in [2.75, 3.05) is 6.54 Å². The molecule has 0 atom stereocenters. The van der Waals surface area contributed by atoms with Crippen LogP contribution in [0.4, 0.5) is 0 Å². The van der Waals surface area contributed by atoms with Crippen LogP contribution in [0.15, 0.2) is 23.5 Å². The molecule has 0 aliphatic heterocycles. The largest absolute Gasteiger partial charge is 0.409 e. The summed E-state index contributed by atoms with van der Waals surface area (Å²) in [5.41, 5.74) is 7.98. The van der Waals surface area contributed by atoms with Crippen LogP contribution < -0.4 is 11.1 Å². The van der Waals surface area contributed by atoms with Crippen LogP contribution in [-0.4, -0.2) is 22.6 Å². The van der Waals surface area contributed by atoms with E-state index in [1.807, 2.05) is 19.2 Å². The second-order valence-electron chi connectivity index (χ2n) is 5.18.